The summed E-state index contributed by atoms with van der Waals surface area (Å²) in [6.07, 6.45) is 4.92. The van der Waals surface area contributed by atoms with Gasteiger partial charge in [-0.2, -0.15) is 0 Å². The van der Waals surface area contributed by atoms with Crippen molar-refractivity contribution in [1.82, 2.24) is 10.3 Å². The van der Waals surface area contributed by atoms with Gasteiger partial charge in [-0.1, -0.05) is 30.9 Å². The Morgan fingerprint density at radius 2 is 1.94 bits per heavy atom. The Bertz CT molecular complexity index is 978. The van der Waals surface area contributed by atoms with Gasteiger partial charge in [0.25, 0.3) is 0 Å². The van der Waals surface area contributed by atoms with E-state index >= 15 is 0 Å². The van der Waals surface area contributed by atoms with Gasteiger partial charge in [0.05, 0.1) is 10.7 Å². The summed E-state index contributed by atoms with van der Waals surface area (Å²) >= 11 is 7.19. The predicted octanol–water partition coefficient (Wildman–Crippen LogP) is 4.44. The highest BCUT2D eigenvalue weighted by Crippen LogP contribution is 2.24. The first-order chi connectivity index (χ1) is 15.3. The van der Waals surface area contributed by atoms with E-state index in [1.54, 1.807) is 0 Å². The maximum Gasteiger partial charge on any atom is 0.240 e. The first-order valence-electron chi connectivity index (χ1n) is 10.6. The molecule has 7 nitrogen and oxygen atoms in total. The van der Waals surface area contributed by atoms with E-state index in [9.17, 15) is 18.8 Å². The summed E-state index contributed by atoms with van der Waals surface area (Å²) in [6, 6.07) is 3.94. The minimum Gasteiger partial charge on any atom is -0.352 e. The molecule has 0 aliphatic heterocycles. The highest BCUT2D eigenvalue weighted by Gasteiger charge is 2.23. The Balaban J connectivity index is 1.64. The lowest BCUT2D eigenvalue weighted by molar-refractivity contribution is -0.125. The third kappa shape index (κ3) is 7.00. The lowest BCUT2D eigenvalue weighted by Crippen LogP contribution is -2.45. The van der Waals surface area contributed by atoms with Crippen molar-refractivity contribution < 1.29 is 18.8 Å². The second-order valence-electron chi connectivity index (χ2n) is 7.82. The fourth-order valence-electron chi connectivity index (χ4n) is 3.59. The third-order valence-electron chi connectivity index (χ3n) is 5.22. The van der Waals surface area contributed by atoms with Crippen LogP contribution in [-0.4, -0.2) is 35.3 Å². The van der Waals surface area contributed by atoms with Gasteiger partial charge in [-0.3, -0.25) is 14.4 Å². The van der Waals surface area contributed by atoms with Gasteiger partial charge >= 0.3 is 0 Å². The largest absolute Gasteiger partial charge is 0.352 e. The molecule has 1 fully saturated rings. The van der Waals surface area contributed by atoms with Gasteiger partial charge in [0.15, 0.2) is 5.13 Å². The molecule has 2 N–H and O–H groups in total. The molecule has 0 unspecified atom stereocenters. The molecule has 10 heteroatoms. The van der Waals surface area contributed by atoms with Crippen LogP contribution in [0.1, 0.15) is 50.6 Å². The molecule has 1 saturated carbocycles. The van der Waals surface area contributed by atoms with E-state index in [1.807, 2.05) is 12.3 Å². The second kappa shape index (κ2) is 11.4. The number of aromatic nitrogens is 1. The zero-order chi connectivity index (χ0) is 23.1. The van der Waals surface area contributed by atoms with Crippen LogP contribution in [0.15, 0.2) is 23.6 Å². The van der Waals surface area contributed by atoms with E-state index in [1.165, 1.54) is 28.4 Å². The Morgan fingerprint density at radius 3 is 2.59 bits per heavy atom. The van der Waals surface area contributed by atoms with Crippen LogP contribution in [0, 0.1) is 12.7 Å². The highest BCUT2D eigenvalue weighted by atomic mass is 35.5. The molecule has 1 heterocycles. The van der Waals surface area contributed by atoms with Crippen molar-refractivity contribution in [2.75, 3.05) is 16.8 Å². The van der Waals surface area contributed by atoms with Gasteiger partial charge in [-0.25, -0.2) is 9.37 Å². The standard InChI is InChI=1S/C22H26ClFN4O3S/c1-14-13-32-22(25-14)27-19(29)9-10-21(31)28(16-7-8-18(24)17(23)11-16)12-20(30)26-15-5-3-2-4-6-15/h7-8,11,13,15H,2-6,9-10,12H2,1H3,(H,26,30)(H,25,27,29). The number of amides is 3. The van der Waals surface area contributed by atoms with Crippen molar-refractivity contribution in [3.63, 3.8) is 0 Å². The minimum atomic E-state index is -0.618. The van der Waals surface area contributed by atoms with E-state index in [4.69, 9.17) is 11.6 Å². The van der Waals surface area contributed by atoms with Crippen molar-refractivity contribution in [1.29, 1.82) is 0 Å². The molecule has 1 aliphatic carbocycles. The quantitative estimate of drug-likeness (QED) is 0.584. The summed E-state index contributed by atoms with van der Waals surface area (Å²) in [5, 5.41) is 7.76. The van der Waals surface area contributed by atoms with Gasteiger partial charge in [0.1, 0.15) is 12.4 Å². The highest BCUT2D eigenvalue weighted by molar-refractivity contribution is 7.13. The summed E-state index contributed by atoms with van der Waals surface area (Å²) in [7, 11) is 0. The summed E-state index contributed by atoms with van der Waals surface area (Å²) in [5.74, 6) is -1.70. The smallest absolute Gasteiger partial charge is 0.240 e. The molecule has 0 spiro atoms. The molecule has 172 valence electrons. The molecule has 0 saturated heterocycles. The average Bonchev–Trinajstić information content (AvgIpc) is 3.17. The lowest BCUT2D eigenvalue weighted by Gasteiger charge is -2.26. The van der Waals surface area contributed by atoms with E-state index in [-0.39, 0.29) is 42.3 Å². The number of carbonyl (C=O) groups is 3. The van der Waals surface area contributed by atoms with Crippen LogP contribution in [0.25, 0.3) is 0 Å². The summed E-state index contributed by atoms with van der Waals surface area (Å²) in [5.41, 5.74) is 1.10. The summed E-state index contributed by atoms with van der Waals surface area (Å²) in [4.78, 5) is 43.2. The number of carbonyl (C=O) groups excluding carboxylic acids is 3. The number of nitrogens with one attached hydrogen (secondary N) is 2. The SMILES string of the molecule is Cc1csc(NC(=O)CCC(=O)N(CC(=O)NC2CCCCC2)c2ccc(F)c(Cl)c2)n1. The first kappa shape index (κ1) is 24.1. The Hall–Kier alpha value is -2.52. The van der Waals surface area contributed by atoms with Crippen molar-refractivity contribution in [3.8, 4) is 0 Å². The van der Waals surface area contributed by atoms with Crippen LogP contribution in [0.3, 0.4) is 0 Å². The number of thiazole rings is 1. The number of benzene rings is 1. The minimum absolute atomic E-state index is 0.0763. The number of anilines is 2. The van der Waals surface area contributed by atoms with E-state index < -0.39 is 11.7 Å². The molecule has 1 aromatic heterocycles. The summed E-state index contributed by atoms with van der Waals surface area (Å²) in [6.45, 7) is 1.59. The lowest BCUT2D eigenvalue weighted by atomic mass is 9.95. The number of rotatable bonds is 8. The molecular formula is C22H26ClFN4O3S. The van der Waals surface area contributed by atoms with Gasteiger partial charge in [0, 0.05) is 30.0 Å². The van der Waals surface area contributed by atoms with E-state index in [0.29, 0.717) is 10.8 Å². The molecule has 1 aliphatic rings. The van der Waals surface area contributed by atoms with Crippen LogP contribution in [0.5, 0.6) is 0 Å². The molecule has 0 radical (unpaired) electrons. The van der Waals surface area contributed by atoms with Crippen molar-refractivity contribution in [2.45, 2.75) is 57.9 Å². The normalized spacial score (nSPS) is 14.1. The van der Waals surface area contributed by atoms with Gasteiger partial charge in [-0.15, -0.1) is 11.3 Å². The second-order valence-corrected chi connectivity index (χ2v) is 9.09. The maximum atomic E-state index is 13.6. The van der Waals surface area contributed by atoms with E-state index in [0.717, 1.165) is 43.9 Å². The zero-order valence-corrected chi connectivity index (χ0v) is 19.4. The number of halogens is 2. The molecule has 3 amide bonds. The van der Waals surface area contributed by atoms with Crippen LogP contribution in [0.2, 0.25) is 5.02 Å². The topological polar surface area (TPSA) is 91.4 Å². The van der Waals surface area contributed by atoms with Crippen molar-refractivity contribution in [2.24, 2.45) is 0 Å². The fourth-order valence-corrected chi connectivity index (χ4v) is 4.47. The van der Waals surface area contributed by atoms with Crippen molar-refractivity contribution >= 4 is 51.5 Å². The third-order valence-corrected chi connectivity index (χ3v) is 6.38. The fraction of sp³-hybridized carbons (Fsp3) is 0.455. The van der Waals surface area contributed by atoms with Crippen LogP contribution < -0.4 is 15.5 Å². The van der Waals surface area contributed by atoms with Gasteiger partial charge in [0.2, 0.25) is 17.7 Å². The predicted molar refractivity (Wildman–Crippen MR) is 123 cm³/mol. The summed E-state index contributed by atoms with van der Waals surface area (Å²) < 4.78 is 13.6. The molecule has 32 heavy (non-hydrogen) atoms. The number of nitrogens with zero attached hydrogens (tertiary/aromatic N) is 2. The Labute approximate surface area is 195 Å². The average molecular weight is 481 g/mol. The van der Waals surface area contributed by atoms with Crippen molar-refractivity contribution in [3.05, 3.63) is 40.1 Å². The maximum absolute atomic E-state index is 13.6. The Kier molecular flexibility index (Phi) is 8.58. The van der Waals surface area contributed by atoms with Crippen LogP contribution in [0.4, 0.5) is 15.2 Å². The molecule has 1 aromatic carbocycles. The Morgan fingerprint density at radius 1 is 1.19 bits per heavy atom. The molecular weight excluding hydrogens is 455 g/mol. The molecule has 2 aromatic rings. The number of hydrogen-bond acceptors (Lipinski definition) is 5. The van der Waals surface area contributed by atoms with E-state index in [2.05, 4.69) is 15.6 Å². The monoisotopic (exact) mass is 480 g/mol. The number of hydrogen-bond donors (Lipinski definition) is 2. The first-order valence-corrected chi connectivity index (χ1v) is 11.8. The molecule has 0 bridgehead atoms. The molecule has 0 atom stereocenters. The molecule has 3 rings (SSSR count). The van der Waals surface area contributed by atoms with Gasteiger partial charge in [-0.05, 0) is 38.0 Å². The van der Waals surface area contributed by atoms with Crippen LogP contribution in [-0.2, 0) is 14.4 Å². The zero-order valence-electron chi connectivity index (χ0n) is 17.8. The number of aryl methyl sites for hydroxylation is 1. The van der Waals surface area contributed by atoms with Crippen LogP contribution >= 0.6 is 22.9 Å². The van der Waals surface area contributed by atoms with Gasteiger partial charge < -0.3 is 15.5 Å².